The summed E-state index contributed by atoms with van der Waals surface area (Å²) in [6.45, 7) is 1.69. The minimum atomic E-state index is -4.64. The average molecular weight is 329 g/mol. The summed E-state index contributed by atoms with van der Waals surface area (Å²) in [5.74, 6) is 0. The van der Waals surface area contributed by atoms with Gasteiger partial charge in [-0.1, -0.05) is 6.07 Å². The van der Waals surface area contributed by atoms with Crippen LogP contribution in [0.5, 0.6) is 0 Å². The molecule has 0 amide bonds. The summed E-state index contributed by atoms with van der Waals surface area (Å²) < 4.78 is 37.8. The first kappa shape index (κ1) is 16.0. The van der Waals surface area contributed by atoms with Gasteiger partial charge in [0.05, 0.1) is 16.2 Å². The quantitative estimate of drug-likeness (QED) is 0.510. The third kappa shape index (κ3) is 3.61. The monoisotopic (exact) mass is 329 g/mol. The maximum Gasteiger partial charge on any atom is 0.416 e. The Morgan fingerprint density at radius 2 is 2.09 bits per heavy atom. The van der Waals surface area contributed by atoms with E-state index in [4.69, 9.17) is 0 Å². The molecule has 5 nitrogen and oxygen atoms in total. The van der Waals surface area contributed by atoms with Gasteiger partial charge < -0.3 is 0 Å². The van der Waals surface area contributed by atoms with Crippen molar-refractivity contribution in [1.29, 1.82) is 0 Å². The van der Waals surface area contributed by atoms with E-state index in [2.05, 4.69) is 10.5 Å². The number of nitro groups is 1. The second-order valence-electron chi connectivity index (χ2n) is 4.27. The van der Waals surface area contributed by atoms with Crippen LogP contribution >= 0.6 is 11.3 Å². The Morgan fingerprint density at radius 3 is 2.64 bits per heavy atom. The van der Waals surface area contributed by atoms with E-state index in [0.29, 0.717) is 11.8 Å². The summed E-state index contributed by atoms with van der Waals surface area (Å²) in [4.78, 5) is 10.9. The minimum absolute atomic E-state index is 0.103. The number of nitrogens with zero attached hydrogens (tertiary/aromatic N) is 2. The molecule has 1 aromatic heterocycles. The number of thiophene rings is 1. The number of hydrogen-bond donors (Lipinski definition) is 1. The Balaban J connectivity index is 2.31. The molecule has 0 aliphatic heterocycles. The fourth-order valence-electron chi connectivity index (χ4n) is 1.64. The van der Waals surface area contributed by atoms with Crippen LogP contribution in [-0.2, 0) is 6.18 Å². The number of alkyl halides is 3. The van der Waals surface area contributed by atoms with Gasteiger partial charge in [0.1, 0.15) is 5.69 Å². The van der Waals surface area contributed by atoms with E-state index < -0.39 is 22.4 Å². The van der Waals surface area contributed by atoms with Crippen molar-refractivity contribution >= 4 is 28.4 Å². The van der Waals surface area contributed by atoms with Crippen LogP contribution in [0.2, 0.25) is 0 Å². The highest BCUT2D eigenvalue weighted by Crippen LogP contribution is 2.35. The summed E-state index contributed by atoms with van der Waals surface area (Å²) in [6, 6.07) is 5.88. The van der Waals surface area contributed by atoms with Crippen molar-refractivity contribution in [2.24, 2.45) is 5.10 Å². The second kappa shape index (κ2) is 6.14. The molecule has 0 bridgehead atoms. The maximum absolute atomic E-state index is 12.6. The Labute approximate surface area is 127 Å². The van der Waals surface area contributed by atoms with Gasteiger partial charge in [-0.15, -0.1) is 11.3 Å². The second-order valence-corrected chi connectivity index (χ2v) is 5.22. The number of anilines is 1. The highest BCUT2D eigenvalue weighted by atomic mass is 32.1. The van der Waals surface area contributed by atoms with E-state index in [0.717, 1.165) is 17.0 Å². The smallest absolute Gasteiger partial charge is 0.271 e. The Hall–Kier alpha value is -2.42. The van der Waals surface area contributed by atoms with E-state index in [1.165, 1.54) is 11.3 Å². The summed E-state index contributed by atoms with van der Waals surface area (Å²) in [7, 11) is 0. The number of hydrogen-bond acceptors (Lipinski definition) is 5. The molecule has 1 N–H and O–H groups in total. The normalized spacial score (nSPS) is 12.3. The number of benzene rings is 1. The van der Waals surface area contributed by atoms with Crippen LogP contribution in [0.4, 0.5) is 24.5 Å². The van der Waals surface area contributed by atoms with E-state index in [1.54, 1.807) is 6.92 Å². The van der Waals surface area contributed by atoms with Crippen LogP contribution in [0.25, 0.3) is 0 Å². The molecule has 22 heavy (non-hydrogen) atoms. The molecule has 1 aromatic carbocycles. The zero-order valence-corrected chi connectivity index (χ0v) is 12.0. The third-order valence-corrected chi connectivity index (χ3v) is 3.72. The lowest BCUT2D eigenvalue weighted by Crippen LogP contribution is -2.07. The number of rotatable bonds is 4. The number of halogens is 3. The van der Waals surface area contributed by atoms with Crippen molar-refractivity contribution in [3.05, 3.63) is 56.3 Å². The fourth-order valence-corrected chi connectivity index (χ4v) is 2.31. The van der Waals surface area contributed by atoms with Gasteiger partial charge in [0.25, 0.3) is 5.69 Å². The van der Waals surface area contributed by atoms with Crippen LogP contribution in [0.1, 0.15) is 17.4 Å². The molecular weight excluding hydrogens is 319 g/mol. The van der Waals surface area contributed by atoms with Gasteiger partial charge in [-0.25, -0.2) is 0 Å². The lowest BCUT2D eigenvalue weighted by atomic mass is 10.1. The molecule has 0 atom stereocenters. The third-order valence-electron chi connectivity index (χ3n) is 2.74. The zero-order chi connectivity index (χ0) is 16.3. The molecule has 0 spiro atoms. The summed E-state index contributed by atoms with van der Waals surface area (Å²) in [6.07, 6.45) is -4.64. The molecule has 1 heterocycles. The lowest BCUT2D eigenvalue weighted by Gasteiger charge is -2.08. The van der Waals surface area contributed by atoms with Gasteiger partial charge >= 0.3 is 6.18 Å². The SMILES string of the molecule is C/C(=N/Nc1ccc(C(F)(F)F)cc1[N+](=O)[O-])c1cccs1. The van der Waals surface area contributed by atoms with E-state index >= 15 is 0 Å². The van der Waals surface area contributed by atoms with Crippen molar-refractivity contribution in [3.8, 4) is 0 Å². The fraction of sp³-hybridized carbons (Fsp3) is 0.154. The summed E-state index contributed by atoms with van der Waals surface area (Å²) >= 11 is 1.43. The Kier molecular flexibility index (Phi) is 4.45. The molecule has 0 fully saturated rings. The van der Waals surface area contributed by atoms with Crippen LogP contribution in [0.3, 0.4) is 0 Å². The van der Waals surface area contributed by atoms with Gasteiger partial charge in [0.2, 0.25) is 0 Å². The highest BCUT2D eigenvalue weighted by molar-refractivity contribution is 7.12. The van der Waals surface area contributed by atoms with Crippen molar-refractivity contribution < 1.29 is 18.1 Å². The molecular formula is C13H10F3N3O2S. The topological polar surface area (TPSA) is 67.5 Å². The van der Waals surface area contributed by atoms with Gasteiger partial charge in [0.15, 0.2) is 0 Å². The Bertz CT molecular complexity index is 712. The molecule has 2 rings (SSSR count). The van der Waals surface area contributed by atoms with Crippen molar-refractivity contribution in [3.63, 3.8) is 0 Å². The average Bonchev–Trinajstić information content (AvgIpc) is 2.97. The highest BCUT2D eigenvalue weighted by Gasteiger charge is 2.33. The van der Waals surface area contributed by atoms with Crippen molar-refractivity contribution in [2.75, 3.05) is 5.43 Å². The zero-order valence-electron chi connectivity index (χ0n) is 11.2. The first-order valence-corrected chi connectivity index (χ1v) is 6.87. The molecule has 0 saturated heterocycles. The minimum Gasteiger partial charge on any atom is -0.271 e. The summed E-state index contributed by atoms with van der Waals surface area (Å²) in [5.41, 5.74) is 1.15. The van der Waals surface area contributed by atoms with Gasteiger partial charge in [-0.3, -0.25) is 15.5 Å². The Morgan fingerprint density at radius 1 is 1.36 bits per heavy atom. The molecule has 9 heteroatoms. The molecule has 0 aliphatic rings. The van der Waals surface area contributed by atoms with E-state index in [-0.39, 0.29) is 5.69 Å². The van der Waals surface area contributed by atoms with Gasteiger partial charge in [0, 0.05) is 10.9 Å². The van der Waals surface area contributed by atoms with Crippen molar-refractivity contribution in [2.45, 2.75) is 13.1 Å². The lowest BCUT2D eigenvalue weighted by molar-refractivity contribution is -0.384. The predicted octanol–water partition coefficient (Wildman–Crippen LogP) is 4.51. The standard InChI is InChI=1S/C13H10F3N3O2S/c1-8(12-3-2-6-22-12)17-18-10-5-4-9(13(14,15)16)7-11(10)19(20)21/h2-7,18H,1H3/b17-8-. The first-order valence-electron chi connectivity index (χ1n) is 5.99. The van der Waals surface area contributed by atoms with Crippen molar-refractivity contribution in [1.82, 2.24) is 0 Å². The van der Waals surface area contributed by atoms with Crippen LogP contribution < -0.4 is 5.43 Å². The van der Waals surface area contributed by atoms with E-state index in [1.807, 2.05) is 17.5 Å². The first-order chi connectivity index (χ1) is 10.3. The number of nitrogens with one attached hydrogen (secondary N) is 1. The summed E-state index contributed by atoms with van der Waals surface area (Å²) in [5, 5.41) is 16.7. The maximum atomic E-state index is 12.6. The molecule has 0 radical (unpaired) electrons. The van der Waals surface area contributed by atoms with Gasteiger partial charge in [-0.2, -0.15) is 18.3 Å². The molecule has 0 aliphatic carbocycles. The molecule has 116 valence electrons. The molecule has 0 saturated carbocycles. The number of hydrazone groups is 1. The molecule has 0 unspecified atom stereocenters. The van der Waals surface area contributed by atoms with Gasteiger partial charge in [-0.05, 0) is 30.5 Å². The number of nitro benzene ring substituents is 1. The molecule has 2 aromatic rings. The van der Waals surface area contributed by atoms with E-state index in [9.17, 15) is 23.3 Å². The largest absolute Gasteiger partial charge is 0.416 e. The predicted molar refractivity (Wildman–Crippen MR) is 78.3 cm³/mol. The van der Waals surface area contributed by atoms with Crippen LogP contribution in [0.15, 0.2) is 40.8 Å². The van der Waals surface area contributed by atoms with Crippen LogP contribution in [0, 0.1) is 10.1 Å². The van der Waals surface area contributed by atoms with Crippen LogP contribution in [-0.4, -0.2) is 10.6 Å².